The maximum atomic E-state index is 11.4. The number of nitrogens with one attached hydrogen (secondary N) is 1. The molecule has 17 heavy (non-hydrogen) atoms. The first kappa shape index (κ1) is 15.8. The van der Waals surface area contributed by atoms with Gasteiger partial charge in [-0.25, -0.2) is 4.79 Å². The first-order valence-electron chi connectivity index (χ1n) is 5.23. The molecule has 0 aliphatic carbocycles. The van der Waals surface area contributed by atoms with Crippen LogP contribution in [0.3, 0.4) is 0 Å². The van der Waals surface area contributed by atoms with Gasteiger partial charge in [0.25, 0.3) is 0 Å². The van der Waals surface area contributed by atoms with E-state index >= 15 is 0 Å². The van der Waals surface area contributed by atoms with Gasteiger partial charge in [-0.2, -0.15) is 11.8 Å². The minimum atomic E-state index is -1.27. The summed E-state index contributed by atoms with van der Waals surface area (Å²) in [6.45, 7) is 3.18. The molecule has 0 saturated heterocycles. The average Bonchev–Trinajstić information content (AvgIpc) is 2.26. The first-order chi connectivity index (χ1) is 7.90. The second-order valence-corrected chi connectivity index (χ2v) is 4.68. The molecule has 2 unspecified atom stereocenters. The zero-order valence-corrected chi connectivity index (χ0v) is 10.6. The van der Waals surface area contributed by atoms with Gasteiger partial charge in [0.15, 0.2) is 0 Å². The van der Waals surface area contributed by atoms with Gasteiger partial charge in [0.1, 0.15) is 12.0 Å². The zero-order valence-electron chi connectivity index (χ0n) is 9.80. The van der Waals surface area contributed by atoms with Gasteiger partial charge < -0.3 is 15.5 Å². The van der Waals surface area contributed by atoms with Crippen LogP contribution in [0.15, 0.2) is 0 Å². The predicted octanol–water partition coefficient (Wildman–Crippen LogP) is 0.420. The summed E-state index contributed by atoms with van der Waals surface area (Å²) in [5.41, 5.74) is 0. The first-order valence-corrected chi connectivity index (χ1v) is 6.39. The third-order valence-corrected chi connectivity index (χ3v) is 3.28. The Balaban J connectivity index is 4.29. The summed E-state index contributed by atoms with van der Waals surface area (Å²) < 4.78 is 0. The normalized spacial score (nSPS) is 13.8. The third kappa shape index (κ3) is 6.15. The number of thioether (sulfide) groups is 1. The van der Waals surface area contributed by atoms with E-state index in [1.807, 2.05) is 6.92 Å². The van der Waals surface area contributed by atoms with Crippen molar-refractivity contribution in [1.29, 1.82) is 0 Å². The van der Waals surface area contributed by atoms with Crippen molar-refractivity contribution in [2.24, 2.45) is 5.92 Å². The van der Waals surface area contributed by atoms with Gasteiger partial charge in [-0.3, -0.25) is 9.59 Å². The van der Waals surface area contributed by atoms with Crippen LogP contribution in [0, 0.1) is 5.92 Å². The van der Waals surface area contributed by atoms with E-state index in [1.165, 1.54) is 18.7 Å². The number of carbonyl (C=O) groups is 3. The number of aliphatic carboxylic acids is 2. The Bertz CT molecular complexity index is 294. The molecule has 0 aromatic heterocycles. The van der Waals surface area contributed by atoms with Crippen LogP contribution < -0.4 is 5.32 Å². The fraction of sp³-hybridized carbons (Fsp3) is 0.700. The fourth-order valence-electron chi connectivity index (χ4n) is 0.929. The van der Waals surface area contributed by atoms with E-state index in [4.69, 9.17) is 10.2 Å². The maximum absolute atomic E-state index is 11.4. The van der Waals surface area contributed by atoms with Crippen LogP contribution in [0.5, 0.6) is 0 Å². The minimum absolute atomic E-state index is 0.237. The molecule has 0 saturated carbocycles. The van der Waals surface area contributed by atoms with Crippen LogP contribution in [0.1, 0.15) is 20.3 Å². The molecule has 0 aliphatic rings. The Kier molecular flexibility index (Phi) is 7.36. The molecule has 0 aromatic rings. The fourth-order valence-corrected chi connectivity index (χ4v) is 1.85. The Labute approximate surface area is 104 Å². The monoisotopic (exact) mass is 263 g/mol. The molecule has 7 heteroatoms. The van der Waals surface area contributed by atoms with E-state index < -0.39 is 29.8 Å². The minimum Gasteiger partial charge on any atom is -0.481 e. The second kappa shape index (κ2) is 7.94. The molecule has 0 radical (unpaired) electrons. The molecule has 98 valence electrons. The van der Waals surface area contributed by atoms with Gasteiger partial charge in [-0.15, -0.1) is 0 Å². The van der Waals surface area contributed by atoms with Crippen LogP contribution in [0.4, 0.5) is 0 Å². The summed E-state index contributed by atoms with van der Waals surface area (Å²) in [5.74, 6) is -3.41. The SMILES string of the molecule is CCCSCC(NC(=O)C(C)C(=O)O)C(=O)O. The second-order valence-electron chi connectivity index (χ2n) is 3.53. The molecule has 0 spiro atoms. The maximum Gasteiger partial charge on any atom is 0.327 e. The smallest absolute Gasteiger partial charge is 0.327 e. The van der Waals surface area contributed by atoms with Crippen LogP contribution in [0.2, 0.25) is 0 Å². The van der Waals surface area contributed by atoms with Gasteiger partial charge >= 0.3 is 11.9 Å². The van der Waals surface area contributed by atoms with Gasteiger partial charge in [0.2, 0.25) is 5.91 Å². The molecule has 0 fully saturated rings. The van der Waals surface area contributed by atoms with Crippen LogP contribution in [0.25, 0.3) is 0 Å². The highest BCUT2D eigenvalue weighted by Gasteiger charge is 2.26. The summed E-state index contributed by atoms with van der Waals surface area (Å²) in [4.78, 5) is 32.8. The largest absolute Gasteiger partial charge is 0.481 e. The highest BCUT2D eigenvalue weighted by molar-refractivity contribution is 7.99. The zero-order chi connectivity index (χ0) is 13.4. The molecule has 1 amide bonds. The molecule has 2 atom stereocenters. The Morgan fingerprint density at radius 3 is 2.24 bits per heavy atom. The van der Waals surface area contributed by atoms with Gasteiger partial charge in [-0.05, 0) is 19.1 Å². The van der Waals surface area contributed by atoms with Crippen molar-refractivity contribution in [3.8, 4) is 0 Å². The quantitative estimate of drug-likeness (QED) is 0.433. The van der Waals surface area contributed by atoms with Crippen LogP contribution >= 0.6 is 11.8 Å². The average molecular weight is 263 g/mol. The standard InChI is InChI=1S/C10H17NO5S/c1-3-4-17-5-7(10(15)16)11-8(12)6(2)9(13)14/h6-7H,3-5H2,1-2H3,(H,11,12)(H,13,14)(H,15,16). The summed E-state index contributed by atoms with van der Waals surface area (Å²) in [6.07, 6.45) is 0.913. The highest BCUT2D eigenvalue weighted by atomic mass is 32.2. The van der Waals surface area contributed by atoms with Crippen molar-refractivity contribution >= 4 is 29.6 Å². The van der Waals surface area contributed by atoms with Crippen molar-refractivity contribution in [2.45, 2.75) is 26.3 Å². The Morgan fingerprint density at radius 1 is 1.24 bits per heavy atom. The van der Waals surface area contributed by atoms with Crippen molar-refractivity contribution in [2.75, 3.05) is 11.5 Å². The van der Waals surface area contributed by atoms with E-state index in [2.05, 4.69) is 5.32 Å². The number of hydrogen-bond acceptors (Lipinski definition) is 4. The molecular formula is C10H17NO5S. The van der Waals surface area contributed by atoms with E-state index in [1.54, 1.807) is 0 Å². The molecule has 6 nitrogen and oxygen atoms in total. The molecule has 0 aromatic carbocycles. The molecular weight excluding hydrogens is 246 g/mol. The predicted molar refractivity (Wildman–Crippen MR) is 64.0 cm³/mol. The van der Waals surface area contributed by atoms with Crippen LogP contribution in [-0.4, -0.2) is 45.6 Å². The summed E-state index contributed by atoms with van der Waals surface area (Å²) in [5, 5.41) is 19.7. The van der Waals surface area contributed by atoms with Gasteiger partial charge in [-0.1, -0.05) is 6.92 Å². The van der Waals surface area contributed by atoms with Crippen molar-refractivity contribution < 1.29 is 24.6 Å². The number of rotatable bonds is 8. The van der Waals surface area contributed by atoms with Crippen molar-refractivity contribution in [3.63, 3.8) is 0 Å². The lowest BCUT2D eigenvalue weighted by Crippen LogP contribution is -2.46. The lowest BCUT2D eigenvalue weighted by Gasteiger charge is -2.15. The van der Waals surface area contributed by atoms with Crippen molar-refractivity contribution in [3.05, 3.63) is 0 Å². The summed E-state index contributed by atoms with van der Waals surface area (Å²) in [6, 6.07) is -1.04. The van der Waals surface area contributed by atoms with E-state index in [-0.39, 0.29) is 5.75 Å². The number of amides is 1. The summed E-state index contributed by atoms with van der Waals surface area (Å²) in [7, 11) is 0. The van der Waals surface area contributed by atoms with Crippen molar-refractivity contribution in [1.82, 2.24) is 5.32 Å². The molecule has 0 aliphatic heterocycles. The van der Waals surface area contributed by atoms with E-state index in [0.29, 0.717) is 0 Å². The molecule has 0 bridgehead atoms. The lowest BCUT2D eigenvalue weighted by molar-refractivity contribution is -0.148. The molecule has 0 heterocycles. The third-order valence-electron chi connectivity index (χ3n) is 2.01. The number of carbonyl (C=O) groups excluding carboxylic acids is 1. The topological polar surface area (TPSA) is 104 Å². The van der Waals surface area contributed by atoms with E-state index in [9.17, 15) is 14.4 Å². The number of carboxylic acids is 2. The Morgan fingerprint density at radius 2 is 1.82 bits per heavy atom. The lowest BCUT2D eigenvalue weighted by atomic mass is 10.1. The van der Waals surface area contributed by atoms with Gasteiger partial charge in [0.05, 0.1) is 0 Å². The molecule has 3 N–H and O–H groups in total. The van der Waals surface area contributed by atoms with E-state index in [0.717, 1.165) is 12.2 Å². The molecule has 0 rings (SSSR count). The van der Waals surface area contributed by atoms with Crippen LogP contribution in [-0.2, 0) is 14.4 Å². The number of carboxylic acid groups (broad SMARTS) is 2. The highest BCUT2D eigenvalue weighted by Crippen LogP contribution is 2.06. The number of hydrogen-bond donors (Lipinski definition) is 3. The van der Waals surface area contributed by atoms with Gasteiger partial charge in [0, 0.05) is 5.75 Å². The summed E-state index contributed by atoms with van der Waals surface area (Å²) >= 11 is 1.41. The Hall–Kier alpha value is -1.24.